The molecule has 2 aromatic carbocycles. The molecule has 112 valence electrons. The maximum atomic E-state index is 5.65. The summed E-state index contributed by atoms with van der Waals surface area (Å²) < 4.78 is 5.65. The molecule has 2 rings (SSSR count). The van der Waals surface area contributed by atoms with Gasteiger partial charge in [-0.2, -0.15) is 0 Å². The van der Waals surface area contributed by atoms with Crippen LogP contribution in [0.4, 0.5) is 0 Å². The molecule has 0 heterocycles. The number of rotatable bonds is 6. The van der Waals surface area contributed by atoms with Crippen LogP contribution in [0.1, 0.15) is 43.5 Å². The normalized spacial score (nSPS) is 12.4. The molecule has 0 radical (unpaired) electrons. The summed E-state index contributed by atoms with van der Waals surface area (Å²) in [7, 11) is 0. The first-order chi connectivity index (χ1) is 10.0. The Bertz CT molecular complexity index is 543. The van der Waals surface area contributed by atoms with Crippen molar-refractivity contribution in [3.63, 3.8) is 0 Å². The number of benzene rings is 2. The highest BCUT2D eigenvalue weighted by molar-refractivity contribution is 5.28. The Balaban J connectivity index is 1.88. The third-order valence-electron chi connectivity index (χ3n) is 3.48. The lowest BCUT2D eigenvalue weighted by molar-refractivity contribution is 0.242. The first-order valence-electron chi connectivity index (χ1n) is 7.60. The van der Waals surface area contributed by atoms with E-state index < -0.39 is 0 Å². The summed E-state index contributed by atoms with van der Waals surface area (Å²) >= 11 is 0. The van der Waals surface area contributed by atoms with E-state index in [1.165, 1.54) is 16.7 Å². The van der Waals surface area contributed by atoms with Gasteiger partial charge in [0.15, 0.2) is 0 Å². The van der Waals surface area contributed by atoms with Crippen LogP contribution in [0.15, 0.2) is 48.5 Å². The standard InChI is InChI=1S/C19H25NO/c1-14(2)21-19-11-7-17(8-12-19)13-20-16(4)18-9-5-15(3)6-10-18/h5-12,14,16,20H,13H2,1-4H3/t16-/m0/s1. The molecule has 1 N–H and O–H groups in total. The molecule has 2 heteroatoms. The summed E-state index contributed by atoms with van der Waals surface area (Å²) in [5, 5.41) is 3.55. The topological polar surface area (TPSA) is 21.3 Å². The average Bonchev–Trinajstić information content (AvgIpc) is 2.46. The molecule has 0 saturated heterocycles. The van der Waals surface area contributed by atoms with Crippen LogP contribution in [-0.2, 0) is 6.54 Å². The first-order valence-corrected chi connectivity index (χ1v) is 7.60. The van der Waals surface area contributed by atoms with E-state index >= 15 is 0 Å². The fourth-order valence-electron chi connectivity index (χ4n) is 2.20. The third-order valence-corrected chi connectivity index (χ3v) is 3.48. The van der Waals surface area contributed by atoms with E-state index in [4.69, 9.17) is 4.74 Å². The zero-order chi connectivity index (χ0) is 15.2. The smallest absolute Gasteiger partial charge is 0.119 e. The van der Waals surface area contributed by atoms with E-state index in [0.717, 1.165) is 12.3 Å². The molecule has 0 bridgehead atoms. The SMILES string of the molecule is Cc1ccc([C@H](C)NCc2ccc(OC(C)C)cc2)cc1. The monoisotopic (exact) mass is 283 g/mol. The van der Waals surface area contributed by atoms with Gasteiger partial charge in [0.25, 0.3) is 0 Å². The largest absolute Gasteiger partial charge is 0.491 e. The van der Waals surface area contributed by atoms with Crippen molar-refractivity contribution in [2.45, 2.75) is 46.4 Å². The van der Waals surface area contributed by atoms with Crippen molar-refractivity contribution in [2.24, 2.45) is 0 Å². The molecular formula is C19H25NO. The van der Waals surface area contributed by atoms with Crippen molar-refractivity contribution in [3.05, 3.63) is 65.2 Å². The second-order valence-corrected chi connectivity index (χ2v) is 5.82. The molecule has 0 aliphatic carbocycles. The predicted octanol–water partition coefficient (Wildman–Crippen LogP) is 4.63. The Morgan fingerprint density at radius 1 is 0.905 bits per heavy atom. The van der Waals surface area contributed by atoms with E-state index in [0.29, 0.717) is 6.04 Å². The maximum absolute atomic E-state index is 5.65. The van der Waals surface area contributed by atoms with Crippen LogP contribution in [0, 0.1) is 6.92 Å². The molecule has 0 aliphatic rings. The summed E-state index contributed by atoms with van der Waals surface area (Å²) in [5.74, 6) is 0.931. The molecule has 0 saturated carbocycles. The molecule has 0 aliphatic heterocycles. The van der Waals surface area contributed by atoms with Gasteiger partial charge in [-0.05, 0) is 51.0 Å². The second-order valence-electron chi connectivity index (χ2n) is 5.82. The fourth-order valence-corrected chi connectivity index (χ4v) is 2.20. The summed E-state index contributed by atoms with van der Waals surface area (Å²) in [5.41, 5.74) is 3.89. The Hall–Kier alpha value is -1.80. The number of hydrogen-bond donors (Lipinski definition) is 1. The number of nitrogens with one attached hydrogen (secondary N) is 1. The molecule has 1 atom stereocenters. The highest BCUT2D eigenvalue weighted by atomic mass is 16.5. The van der Waals surface area contributed by atoms with Gasteiger partial charge in [-0.15, -0.1) is 0 Å². The number of hydrogen-bond acceptors (Lipinski definition) is 2. The van der Waals surface area contributed by atoms with Gasteiger partial charge < -0.3 is 10.1 Å². The molecule has 2 nitrogen and oxygen atoms in total. The van der Waals surface area contributed by atoms with Crippen molar-refractivity contribution >= 4 is 0 Å². The molecule has 0 aromatic heterocycles. The van der Waals surface area contributed by atoms with Gasteiger partial charge in [-0.1, -0.05) is 42.0 Å². The summed E-state index contributed by atoms with van der Waals surface area (Å²) in [6.45, 7) is 9.25. The number of ether oxygens (including phenoxy) is 1. The van der Waals surface area contributed by atoms with Gasteiger partial charge in [0.1, 0.15) is 5.75 Å². The highest BCUT2D eigenvalue weighted by Crippen LogP contribution is 2.16. The molecule has 0 unspecified atom stereocenters. The molecule has 0 amide bonds. The Morgan fingerprint density at radius 2 is 1.52 bits per heavy atom. The molecule has 0 fully saturated rings. The fraction of sp³-hybridized carbons (Fsp3) is 0.368. The van der Waals surface area contributed by atoms with Crippen LogP contribution in [0.3, 0.4) is 0 Å². The Kier molecular flexibility index (Phi) is 5.40. The van der Waals surface area contributed by atoms with Crippen LogP contribution in [0.5, 0.6) is 5.75 Å². The van der Waals surface area contributed by atoms with Gasteiger partial charge in [-0.3, -0.25) is 0 Å². The number of aryl methyl sites for hydroxylation is 1. The lowest BCUT2D eigenvalue weighted by atomic mass is 10.1. The lowest BCUT2D eigenvalue weighted by Crippen LogP contribution is -2.18. The summed E-state index contributed by atoms with van der Waals surface area (Å²) in [6, 6.07) is 17.3. The van der Waals surface area contributed by atoms with Gasteiger partial charge in [0, 0.05) is 12.6 Å². The van der Waals surface area contributed by atoms with Crippen molar-refractivity contribution in [2.75, 3.05) is 0 Å². The van der Waals surface area contributed by atoms with Crippen molar-refractivity contribution in [3.8, 4) is 5.75 Å². The summed E-state index contributed by atoms with van der Waals surface area (Å²) in [6.07, 6.45) is 0.218. The Labute approximate surface area is 128 Å². The third kappa shape index (κ3) is 4.91. The van der Waals surface area contributed by atoms with Crippen LogP contribution < -0.4 is 10.1 Å². The molecular weight excluding hydrogens is 258 g/mol. The zero-order valence-corrected chi connectivity index (χ0v) is 13.4. The van der Waals surface area contributed by atoms with E-state index in [-0.39, 0.29) is 6.10 Å². The van der Waals surface area contributed by atoms with Gasteiger partial charge >= 0.3 is 0 Å². The van der Waals surface area contributed by atoms with E-state index in [1.54, 1.807) is 0 Å². The van der Waals surface area contributed by atoms with Crippen LogP contribution in [-0.4, -0.2) is 6.10 Å². The predicted molar refractivity (Wildman–Crippen MR) is 88.6 cm³/mol. The van der Waals surface area contributed by atoms with Crippen molar-refractivity contribution < 1.29 is 4.74 Å². The van der Waals surface area contributed by atoms with Gasteiger partial charge in [0.05, 0.1) is 6.10 Å². The first kappa shape index (κ1) is 15.6. The van der Waals surface area contributed by atoms with Crippen LogP contribution >= 0.6 is 0 Å². The minimum atomic E-state index is 0.218. The average molecular weight is 283 g/mol. The van der Waals surface area contributed by atoms with Crippen LogP contribution in [0.25, 0.3) is 0 Å². The minimum absolute atomic E-state index is 0.218. The quantitative estimate of drug-likeness (QED) is 0.834. The van der Waals surface area contributed by atoms with Gasteiger partial charge in [0.2, 0.25) is 0 Å². The van der Waals surface area contributed by atoms with E-state index in [2.05, 4.69) is 55.6 Å². The van der Waals surface area contributed by atoms with E-state index in [9.17, 15) is 0 Å². The Morgan fingerprint density at radius 3 is 2.10 bits per heavy atom. The van der Waals surface area contributed by atoms with Crippen LogP contribution in [0.2, 0.25) is 0 Å². The molecule has 21 heavy (non-hydrogen) atoms. The molecule has 0 spiro atoms. The highest BCUT2D eigenvalue weighted by Gasteiger charge is 2.04. The second kappa shape index (κ2) is 7.28. The maximum Gasteiger partial charge on any atom is 0.119 e. The van der Waals surface area contributed by atoms with E-state index in [1.807, 2.05) is 26.0 Å². The lowest BCUT2D eigenvalue weighted by Gasteiger charge is -2.15. The summed E-state index contributed by atoms with van der Waals surface area (Å²) in [4.78, 5) is 0. The van der Waals surface area contributed by atoms with Gasteiger partial charge in [-0.25, -0.2) is 0 Å². The minimum Gasteiger partial charge on any atom is -0.491 e. The zero-order valence-electron chi connectivity index (χ0n) is 13.4. The van der Waals surface area contributed by atoms with Crippen molar-refractivity contribution in [1.82, 2.24) is 5.32 Å². The molecule has 2 aromatic rings. The van der Waals surface area contributed by atoms with Crippen molar-refractivity contribution in [1.29, 1.82) is 0 Å².